The topological polar surface area (TPSA) is 62.7 Å². The van der Waals surface area contributed by atoms with Crippen LogP contribution < -0.4 is 0 Å². The van der Waals surface area contributed by atoms with E-state index in [2.05, 4.69) is 4.98 Å². The molecule has 6 heteroatoms. The summed E-state index contributed by atoms with van der Waals surface area (Å²) in [5, 5.41) is 12.4. The van der Waals surface area contributed by atoms with Crippen molar-refractivity contribution in [3.8, 4) is 0 Å². The first-order chi connectivity index (χ1) is 8.90. The summed E-state index contributed by atoms with van der Waals surface area (Å²) in [6.07, 6.45) is 2.15. The molecule has 2 rings (SSSR count). The average Bonchev–Trinajstić information content (AvgIpc) is 2.95. The van der Waals surface area contributed by atoms with Gasteiger partial charge in [0, 0.05) is 24.0 Å². The Morgan fingerprint density at radius 1 is 1.63 bits per heavy atom. The zero-order valence-electron chi connectivity index (χ0n) is 11.5. The summed E-state index contributed by atoms with van der Waals surface area (Å²) in [4.78, 5) is 18.0. The normalized spacial score (nSPS) is 23.7. The molecule has 1 amide bonds. The van der Waals surface area contributed by atoms with Gasteiger partial charge in [-0.25, -0.2) is 9.78 Å². The largest absolute Gasteiger partial charge is 0.444 e. The maximum Gasteiger partial charge on any atom is 0.410 e. The molecule has 0 bridgehead atoms. The molecule has 2 atom stereocenters. The number of aliphatic hydroxyl groups is 1. The van der Waals surface area contributed by atoms with Crippen molar-refractivity contribution >= 4 is 17.4 Å². The van der Waals surface area contributed by atoms with Crippen molar-refractivity contribution in [1.29, 1.82) is 0 Å². The Morgan fingerprint density at radius 2 is 2.37 bits per heavy atom. The number of thiazole rings is 1. The average molecular weight is 284 g/mol. The molecule has 19 heavy (non-hydrogen) atoms. The Bertz CT molecular complexity index is 428. The van der Waals surface area contributed by atoms with Crippen LogP contribution in [-0.4, -0.2) is 45.9 Å². The number of carbonyl (C=O) groups excluding carboxylic acids is 1. The van der Waals surface area contributed by atoms with Crippen LogP contribution in [0.25, 0.3) is 0 Å². The Labute approximate surface area is 117 Å². The van der Waals surface area contributed by atoms with Crippen LogP contribution in [-0.2, 0) is 4.74 Å². The summed E-state index contributed by atoms with van der Waals surface area (Å²) in [5.41, 5.74) is -0.518. The fraction of sp³-hybridized carbons (Fsp3) is 0.692. The van der Waals surface area contributed by atoms with E-state index < -0.39 is 5.60 Å². The molecule has 1 N–H and O–H groups in total. The van der Waals surface area contributed by atoms with Gasteiger partial charge in [0.05, 0.1) is 17.7 Å². The maximum absolute atomic E-state index is 12.1. The molecule has 106 valence electrons. The molecule has 1 aromatic heterocycles. The lowest BCUT2D eigenvalue weighted by atomic mass is 10.1. The summed E-state index contributed by atoms with van der Waals surface area (Å²) < 4.78 is 5.38. The lowest BCUT2D eigenvalue weighted by Gasteiger charge is -2.27. The first-order valence-electron chi connectivity index (χ1n) is 6.40. The van der Waals surface area contributed by atoms with E-state index >= 15 is 0 Å². The SMILES string of the molecule is CC(C)(C)OC(=O)N1CC(c2nccs2)C[C@@H]1CO. The molecule has 1 aromatic rings. The highest BCUT2D eigenvalue weighted by Crippen LogP contribution is 2.33. The van der Waals surface area contributed by atoms with Crippen LogP contribution in [0, 0.1) is 0 Å². The minimum absolute atomic E-state index is 0.0406. The summed E-state index contributed by atoms with van der Waals surface area (Å²) in [7, 11) is 0. The number of ether oxygens (including phenoxy) is 1. The molecule has 0 aromatic carbocycles. The van der Waals surface area contributed by atoms with Crippen LogP contribution >= 0.6 is 11.3 Å². The van der Waals surface area contributed by atoms with E-state index in [1.54, 1.807) is 22.4 Å². The zero-order valence-corrected chi connectivity index (χ0v) is 12.3. The van der Waals surface area contributed by atoms with Gasteiger partial charge in [0.2, 0.25) is 0 Å². The number of hydrogen-bond acceptors (Lipinski definition) is 5. The van der Waals surface area contributed by atoms with Crippen LogP contribution in [0.1, 0.15) is 38.1 Å². The van der Waals surface area contributed by atoms with Crippen LogP contribution in [0.15, 0.2) is 11.6 Å². The number of carbonyl (C=O) groups is 1. The van der Waals surface area contributed by atoms with Gasteiger partial charge < -0.3 is 14.7 Å². The highest BCUT2D eigenvalue weighted by Gasteiger charge is 2.38. The van der Waals surface area contributed by atoms with E-state index in [1.807, 2.05) is 26.2 Å². The molecule has 0 radical (unpaired) electrons. The third-order valence-corrected chi connectivity index (χ3v) is 3.99. The molecule has 1 saturated heterocycles. The van der Waals surface area contributed by atoms with Crippen molar-refractivity contribution in [2.24, 2.45) is 0 Å². The van der Waals surface area contributed by atoms with Gasteiger partial charge in [0.15, 0.2) is 0 Å². The highest BCUT2D eigenvalue weighted by atomic mass is 32.1. The van der Waals surface area contributed by atoms with Gasteiger partial charge >= 0.3 is 6.09 Å². The van der Waals surface area contributed by atoms with Crippen LogP contribution in [0.4, 0.5) is 4.79 Å². The lowest BCUT2D eigenvalue weighted by molar-refractivity contribution is 0.0174. The quantitative estimate of drug-likeness (QED) is 0.904. The molecular formula is C13H20N2O3S. The lowest BCUT2D eigenvalue weighted by Crippen LogP contribution is -2.41. The number of aromatic nitrogens is 1. The van der Waals surface area contributed by atoms with Crippen molar-refractivity contribution in [3.05, 3.63) is 16.6 Å². The van der Waals surface area contributed by atoms with Crippen LogP contribution in [0.3, 0.4) is 0 Å². The number of aliphatic hydroxyl groups excluding tert-OH is 1. The predicted molar refractivity (Wildman–Crippen MR) is 73.3 cm³/mol. The molecule has 2 heterocycles. The molecule has 1 unspecified atom stereocenters. The van der Waals surface area contributed by atoms with Crippen LogP contribution in [0.2, 0.25) is 0 Å². The molecule has 1 aliphatic heterocycles. The van der Waals surface area contributed by atoms with E-state index in [9.17, 15) is 9.90 Å². The fourth-order valence-corrected chi connectivity index (χ4v) is 3.00. The van der Waals surface area contributed by atoms with E-state index in [0.29, 0.717) is 6.54 Å². The molecule has 5 nitrogen and oxygen atoms in total. The summed E-state index contributed by atoms with van der Waals surface area (Å²) in [6.45, 7) is 6.04. The number of rotatable bonds is 2. The maximum atomic E-state index is 12.1. The van der Waals surface area contributed by atoms with Gasteiger partial charge in [-0.2, -0.15) is 0 Å². The number of likely N-dealkylation sites (tertiary alicyclic amines) is 1. The van der Waals surface area contributed by atoms with E-state index in [-0.39, 0.29) is 24.7 Å². The number of amides is 1. The van der Waals surface area contributed by atoms with Crippen LogP contribution in [0.5, 0.6) is 0 Å². The highest BCUT2D eigenvalue weighted by molar-refractivity contribution is 7.09. The van der Waals surface area contributed by atoms with Crippen molar-refractivity contribution < 1.29 is 14.6 Å². The first-order valence-corrected chi connectivity index (χ1v) is 7.28. The Hall–Kier alpha value is -1.14. The molecule has 0 spiro atoms. The fourth-order valence-electron chi connectivity index (χ4n) is 2.25. The van der Waals surface area contributed by atoms with E-state index in [4.69, 9.17) is 4.74 Å². The molecule has 1 aliphatic rings. The van der Waals surface area contributed by atoms with Crippen molar-refractivity contribution in [1.82, 2.24) is 9.88 Å². The third kappa shape index (κ3) is 3.45. The Balaban J connectivity index is 2.06. The second-order valence-electron chi connectivity index (χ2n) is 5.77. The van der Waals surface area contributed by atoms with Gasteiger partial charge in [-0.3, -0.25) is 0 Å². The third-order valence-electron chi connectivity index (χ3n) is 3.05. The van der Waals surface area contributed by atoms with Crippen molar-refractivity contribution in [2.45, 2.75) is 44.8 Å². The predicted octanol–water partition coefficient (Wildman–Crippen LogP) is 2.23. The van der Waals surface area contributed by atoms with Crippen molar-refractivity contribution in [3.63, 3.8) is 0 Å². The first kappa shape index (κ1) is 14.3. The van der Waals surface area contributed by atoms with Gasteiger partial charge in [0.1, 0.15) is 5.60 Å². The molecule has 1 fully saturated rings. The summed E-state index contributed by atoms with van der Waals surface area (Å²) >= 11 is 1.59. The van der Waals surface area contributed by atoms with E-state index in [1.165, 1.54) is 0 Å². The van der Waals surface area contributed by atoms with Gasteiger partial charge in [0.25, 0.3) is 0 Å². The summed E-state index contributed by atoms with van der Waals surface area (Å²) in [5.74, 6) is 0.199. The Kier molecular flexibility index (Phi) is 4.10. The second kappa shape index (κ2) is 5.46. The molecular weight excluding hydrogens is 264 g/mol. The number of nitrogens with zero attached hydrogens (tertiary/aromatic N) is 2. The summed E-state index contributed by atoms with van der Waals surface area (Å²) in [6, 6.07) is -0.177. The monoisotopic (exact) mass is 284 g/mol. The van der Waals surface area contributed by atoms with E-state index in [0.717, 1.165) is 11.4 Å². The molecule has 0 saturated carbocycles. The van der Waals surface area contributed by atoms with Crippen molar-refractivity contribution in [2.75, 3.05) is 13.2 Å². The minimum Gasteiger partial charge on any atom is -0.444 e. The molecule has 0 aliphatic carbocycles. The zero-order chi connectivity index (χ0) is 14.0. The van der Waals surface area contributed by atoms with Gasteiger partial charge in [-0.1, -0.05) is 0 Å². The smallest absolute Gasteiger partial charge is 0.410 e. The van der Waals surface area contributed by atoms with Gasteiger partial charge in [-0.15, -0.1) is 11.3 Å². The Morgan fingerprint density at radius 3 is 2.89 bits per heavy atom. The minimum atomic E-state index is -0.518. The van der Waals surface area contributed by atoms with Gasteiger partial charge in [-0.05, 0) is 27.2 Å². The second-order valence-corrected chi connectivity index (χ2v) is 6.70. The standard InChI is InChI=1S/C13H20N2O3S/c1-13(2,3)18-12(17)15-7-9(6-10(15)8-16)11-14-4-5-19-11/h4-5,9-10,16H,6-8H2,1-3H3/t9?,10-/m1/s1. The number of hydrogen-bond donors (Lipinski definition) is 1.